The van der Waals surface area contributed by atoms with Crippen molar-refractivity contribution in [3.05, 3.63) is 30.1 Å². The molecule has 1 heterocycles. The first kappa shape index (κ1) is 13.1. The number of likely N-dealkylation sites (N-methyl/N-ethyl adjacent to an activating group) is 1. The Morgan fingerprint density at radius 2 is 2.06 bits per heavy atom. The number of rotatable bonds is 7. The summed E-state index contributed by atoms with van der Waals surface area (Å²) in [6, 6.07) is 4.78. The van der Waals surface area contributed by atoms with Crippen LogP contribution in [0.15, 0.2) is 24.5 Å². The molecule has 3 nitrogen and oxygen atoms in total. The summed E-state index contributed by atoms with van der Waals surface area (Å²) in [5, 5.41) is 0. The van der Waals surface area contributed by atoms with Crippen molar-refractivity contribution < 1.29 is 0 Å². The first-order valence-electron chi connectivity index (χ1n) is 6.03. The number of aromatic nitrogens is 1. The van der Waals surface area contributed by atoms with E-state index in [2.05, 4.69) is 36.0 Å². The zero-order valence-corrected chi connectivity index (χ0v) is 10.4. The van der Waals surface area contributed by atoms with E-state index in [0.717, 1.165) is 25.9 Å². The lowest BCUT2D eigenvalue weighted by molar-refractivity contribution is 0.246. The van der Waals surface area contributed by atoms with E-state index in [1.165, 1.54) is 12.0 Å². The number of pyridine rings is 1. The molecule has 16 heavy (non-hydrogen) atoms. The normalized spacial score (nSPS) is 13.0. The van der Waals surface area contributed by atoms with E-state index in [-0.39, 0.29) is 0 Å². The molecule has 0 saturated carbocycles. The molecule has 0 aliphatic carbocycles. The molecule has 0 amide bonds. The Bertz CT molecular complexity index is 274. The van der Waals surface area contributed by atoms with E-state index in [1.807, 2.05) is 12.4 Å². The Morgan fingerprint density at radius 3 is 2.69 bits per heavy atom. The van der Waals surface area contributed by atoms with Gasteiger partial charge in [0.2, 0.25) is 0 Å². The molecule has 3 heteroatoms. The van der Waals surface area contributed by atoms with Crippen molar-refractivity contribution in [1.29, 1.82) is 0 Å². The number of hydrogen-bond donors (Lipinski definition) is 1. The fourth-order valence-corrected chi connectivity index (χ4v) is 1.71. The summed E-state index contributed by atoms with van der Waals surface area (Å²) in [7, 11) is 2.18. The Morgan fingerprint density at radius 1 is 1.38 bits per heavy atom. The van der Waals surface area contributed by atoms with Gasteiger partial charge in [0.1, 0.15) is 0 Å². The van der Waals surface area contributed by atoms with E-state index in [0.29, 0.717) is 6.04 Å². The molecule has 0 aliphatic rings. The molecule has 90 valence electrons. The van der Waals surface area contributed by atoms with E-state index in [4.69, 9.17) is 5.73 Å². The minimum Gasteiger partial charge on any atom is -0.330 e. The lowest BCUT2D eigenvalue weighted by atomic mass is 10.1. The molecule has 0 aliphatic heterocycles. The molecule has 1 rings (SSSR count). The molecule has 1 unspecified atom stereocenters. The van der Waals surface area contributed by atoms with Gasteiger partial charge < -0.3 is 10.6 Å². The first-order valence-corrected chi connectivity index (χ1v) is 6.03. The van der Waals surface area contributed by atoms with Crippen LogP contribution in [0.4, 0.5) is 0 Å². The maximum absolute atomic E-state index is 5.52. The molecular weight excluding hydrogens is 198 g/mol. The molecule has 0 bridgehead atoms. The van der Waals surface area contributed by atoms with Crippen LogP contribution >= 0.6 is 0 Å². The third-order valence-electron chi connectivity index (χ3n) is 3.08. The first-order chi connectivity index (χ1) is 7.74. The van der Waals surface area contributed by atoms with E-state index < -0.39 is 0 Å². The van der Waals surface area contributed by atoms with Crippen molar-refractivity contribution in [1.82, 2.24) is 9.88 Å². The molecule has 2 N–H and O–H groups in total. The van der Waals surface area contributed by atoms with E-state index in [1.54, 1.807) is 0 Å². The summed E-state index contributed by atoms with van der Waals surface area (Å²) in [5.74, 6) is 0. The smallest absolute Gasteiger partial charge is 0.0270 e. The zero-order valence-electron chi connectivity index (χ0n) is 10.4. The average molecular weight is 221 g/mol. The van der Waals surface area contributed by atoms with Crippen LogP contribution in [-0.2, 0) is 6.42 Å². The molecule has 1 atom stereocenters. The predicted molar refractivity (Wildman–Crippen MR) is 68.3 cm³/mol. The SMILES string of the molecule is CC(CCCN)N(C)CCc1ccncc1. The highest BCUT2D eigenvalue weighted by Gasteiger charge is 2.07. The molecule has 0 radical (unpaired) electrons. The van der Waals surface area contributed by atoms with Gasteiger partial charge in [-0.3, -0.25) is 4.98 Å². The summed E-state index contributed by atoms with van der Waals surface area (Å²) in [5.41, 5.74) is 6.87. The molecule has 1 aromatic heterocycles. The predicted octanol–water partition coefficient (Wildman–Crippen LogP) is 1.68. The van der Waals surface area contributed by atoms with Crippen molar-refractivity contribution in [2.24, 2.45) is 5.73 Å². The van der Waals surface area contributed by atoms with Gasteiger partial charge in [-0.2, -0.15) is 0 Å². The molecular formula is C13H23N3. The Kier molecular flexibility index (Phi) is 6.04. The minimum absolute atomic E-state index is 0.616. The van der Waals surface area contributed by atoms with E-state index >= 15 is 0 Å². The highest BCUT2D eigenvalue weighted by atomic mass is 15.1. The minimum atomic E-state index is 0.616. The van der Waals surface area contributed by atoms with Crippen molar-refractivity contribution in [2.75, 3.05) is 20.1 Å². The maximum atomic E-state index is 5.52. The Hall–Kier alpha value is -0.930. The van der Waals surface area contributed by atoms with E-state index in [9.17, 15) is 0 Å². The summed E-state index contributed by atoms with van der Waals surface area (Å²) >= 11 is 0. The van der Waals surface area contributed by atoms with Crippen LogP contribution in [0, 0.1) is 0 Å². The lowest BCUT2D eigenvalue weighted by Gasteiger charge is -2.24. The quantitative estimate of drug-likeness (QED) is 0.762. The zero-order chi connectivity index (χ0) is 11.8. The lowest BCUT2D eigenvalue weighted by Crippen LogP contribution is -2.31. The highest BCUT2D eigenvalue weighted by molar-refractivity contribution is 5.09. The van der Waals surface area contributed by atoms with Gasteiger partial charge in [0.05, 0.1) is 0 Å². The Balaban J connectivity index is 2.26. The second-order valence-corrected chi connectivity index (χ2v) is 4.37. The molecule has 0 fully saturated rings. The second-order valence-electron chi connectivity index (χ2n) is 4.37. The molecule has 0 spiro atoms. The summed E-state index contributed by atoms with van der Waals surface area (Å²) in [6.07, 6.45) is 7.09. The van der Waals surface area contributed by atoms with Gasteiger partial charge in [-0.1, -0.05) is 0 Å². The van der Waals surface area contributed by atoms with Crippen molar-refractivity contribution in [3.8, 4) is 0 Å². The third-order valence-corrected chi connectivity index (χ3v) is 3.08. The maximum Gasteiger partial charge on any atom is 0.0270 e. The van der Waals surface area contributed by atoms with Crippen LogP contribution in [0.25, 0.3) is 0 Å². The van der Waals surface area contributed by atoms with Crippen LogP contribution < -0.4 is 5.73 Å². The van der Waals surface area contributed by atoms with Crippen LogP contribution in [0.1, 0.15) is 25.3 Å². The molecule has 0 aromatic carbocycles. The van der Waals surface area contributed by atoms with Gasteiger partial charge in [0, 0.05) is 25.0 Å². The number of nitrogens with zero attached hydrogens (tertiary/aromatic N) is 2. The van der Waals surface area contributed by atoms with Gasteiger partial charge in [-0.25, -0.2) is 0 Å². The van der Waals surface area contributed by atoms with Crippen LogP contribution in [0.2, 0.25) is 0 Å². The average Bonchev–Trinajstić information content (AvgIpc) is 2.34. The van der Waals surface area contributed by atoms with Crippen LogP contribution in [0.5, 0.6) is 0 Å². The topological polar surface area (TPSA) is 42.1 Å². The highest BCUT2D eigenvalue weighted by Crippen LogP contribution is 2.06. The molecule has 0 saturated heterocycles. The van der Waals surface area contributed by atoms with Crippen LogP contribution in [0.3, 0.4) is 0 Å². The van der Waals surface area contributed by atoms with Gasteiger partial charge in [0.15, 0.2) is 0 Å². The summed E-state index contributed by atoms with van der Waals surface area (Å²) in [4.78, 5) is 6.42. The van der Waals surface area contributed by atoms with Gasteiger partial charge in [0.25, 0.3) is 0 Å². The van der Waals surface area contributed by atoms with Crippen molar-refractivity contribution in [3.63, 3.8) is 0 Å². The number of hydrogen-bond acceptors (Lipinski definition) is 3. The van der Waals surface area contributed by atoms with Crippen LogP contribution in [-0.4, -0.2) is 36.1 Å². The van der Waals surface area contributed by atoms with Crippen molar-refractivity contribution >= 4 is 0 Å². The number of nitrogens with two attached hydrogens (primary N) is 1. The largest absolute Gasteiger partial charge is 0.330 e. The van der Waals surface area contributed by atoms with Gasteiger partial charge in [-0.15, -0.1) is 0 Å². The third kappa shape index (κ3) is 4.73. The summed E-state index contributed by atoms with van der Waals surface area (Å²) < 4.78 is 0. The van der Waals surface area contributed by atoms with Crippen molar-refractivity contribution in [2.45, 2.75) is 32.2 Å². The van der Waals surface area contributed by atoms with Gasteiger partial charge >= 0.3 is 0 Å². The second kappa shape index (κ2) is 7.36. The fraction of sp³-hybridized carbons (Fsp3) is 0.615. The fourth-order valence-electron chi connectivity index (χ4n) is 1.71. The van der Waals surface area contributed by atoms with Gasteiger partial charge in [-0.05, 0) is 57.5 Å². The summed E-state index contributed by atoms with van der Waals surface area (Å²) in [6.45, 7) is 4.15. The Labute approximate surface area is 98.7 Å². The molecule has 1 aromatic rings. The monoisotopic (exact) mass is 221 g/mol. The standard InChI is InChI=1S/C13H23N3/c1-12(4-3-8-14)16(2)11-7-13-5-9-15-10-6-13/h5-6,9-10,12H,3-4,7-8,11,14H2,1-2H3.